The van der Waals surface area contributed by atoms with Gasteiger partial charge in [0.2, 0.25) is 0 Å². The summed E-state index contributed by atoms with van der Waals surface area (Å²) < 4.78 is 0. The molecule has 16 heavy (non-hydrogen) atoms. The zero-order valence-corrected chi connectivity index (χ0v) is 10.7. The molecule has 0 aromatic heterocycles. The number of piperidine rings is 1. The molecule has 2 N–H and O–H groups in total. The van der Waals surface area contributed by atoms with Gasteiger partial charge in [-0.15, -0.1) is 0 Å². The predicted molar refractivity (Wildman–Crippen MR) is 66.5 cm³/mol. The normalized spacial score (nSPS) is 33.2. The minimum atomic E-state index is -0.0867. The van der Waals surface area contributed by atoms with E-state index in [1.165, 1.54) is 25.8 Å². The van der Waals surface area contributed by atoms with Crippen molar-refractivity contribution in [3.63, 3.8) is 0 Å². The highest BCUT2D eigenvalue weighted by Gasteiger charge is 2.38. The highest BCUT2D eigenvalue weighted by molar-refractivity contribution is 4.93. The fourth-order valence-electron chi connectivity index (χ4n) is 3.34. The van der Waals surface area contributed by atoms with E-state index in [1.807, 2.05) is 0 Å². The van der Waals surface area contributed by atoms with E-state index < -0.39 is 0 Å². The Labute approximate surface area is 99.2 Å². The summed E-state index contributed by atoms with van der Waals surface area (Å²) in [6.45, 7) is 7.85. The van der Waals surface area contributed by atoms with E-state index >= 15 is 0 Å². The third kappa shape index (κ3) is 2.58. The Bertz CT molecular complexity index is 234. The van der Waals surface area contributed by atoms with Gasteiger partial charge in [-0.2, -0.15) is 0 Å². The summed E-state index contributed by atoms with van der Waals surface area (Å²) >= 11 is 0. The number of likely N-dealkylation sites (tertiary alicyclic amines) is 1. The Morgan fingerprint density at radius 2 is 2.25 bits per heavy atom. The van der Waals surface area contributed by atoms with Crippen molar-refractivity contribution in [2.24, 2.45) is 5.92 Å². The maximum atomic E-state index is 9.44. The average Bonchev–Trinajstić information content (AvgIpc) is 2.88. The van der Waals surface area contributed by atoms with E-state index in [9.17, 15) is 5.11 Å². The van der Waals surface area contributed by atoms with E-state index in [0.717, 1.165) is 31.5 Å². The molecular weight excluding hydrogens is 200 g/mol. The van der Waals surface area contributed by atoms with Crippen LogP contribution in [0.3, 0.4) is 0 Å². The van der Waals surface area contributed by atoms with Crippen LogP contribution in [-0.4, -0.2) is 47.8 Å². The molecule has 0 spiro atoms. The third-order valence-corrected chi connectivity index (χ3v) is 4.43. The summed E-state index contributed by atoms with van der Waals surface area (Å²) in [6.07, 6.45) is 5.34. The van der Waals surface area contributed by atoms with E-state index in [0.29, 0.717) is 0 Å². The molecular formula is C13H26N2O. The lowest BCUT2D eigenvalue weighted by Crippen LogP contribution is -2.48. The lowest BCUT2D eigenvalue weighted by Gasteiger charge is -2.33. The quantitative estimate of drug-likeness (QED) is 0.715. The molecule has 0 radical (unpaired) electrons. The monoisotopic (exact) mass is 226 g/mol. The van der Waals surface area contributed by atoms with Gasteiger partial charge in [0.05, 0.1) is 6.61 Å². The van der Waals surface area contributed by atoms with Crippen LogP contribution in [0.2, 0.25) is 0 Å². The highest BCUT2D eigenvalue weighted by atomic mass is 16.3. The molecule has 1 heterocycles. The van der Waals surface area contributed by atoms with Gasteiger partial charge in [-0.25, -0.2) is 0 Å². The molecule has 3 atom stereocenters. The van der Waals surface area contributed by atoms with Crippen LogP contribution in [0.1, 0.15) is 39.5 Å². The predicted octanol–water partition coefficient (Wildman–Crippen LogP) is 1.22. The van der Waals surface area contributed by atoms with Crippen LogP contribution in [0.5, 0.6) is 0 Å². The van der Waals surface area contributed by atoms with Gasteiger partial charge in [-0.3, -0.25) is 0 Å². The number of nitrogens with zero attached hydrogens (tertiary/aromatic N) is 1. The fraction of sp³-hybridized carbons (Fsp3) is 1.00. The second kappa shape index (κ2) is 5.03. The summed E-state index contributed by atoms with van der Waals surface area (Å²) in [5.41, 5.74) is -0.0867. The second-order valence-corrected chi connectivity index (χ2v) is 5.83. The molecule has 1 saturated carbocycles. The second-order valence-electron chi connectivity index (χ2n) is 5.83. The minimum absolute atomic E-state index is 0.0867. The van der Waals surface area contributed by atoms with Crippen molar-refractivity contribution in [3.05, 3.63) is 0 Å². The Kier molecular flexibility index (Phi) is 3.88. The Balaban J connectivity index is 1.78. The molecule has 1 aliphatic carbocycles. The third-order valence-electron chi connectivity index (χ3n) is 4.43. The van der Waals surface area contributed by atoms with Gasteiger partial charge in [-0.05, 0) is 45.1 Å². The van der Waals surface area contributed by atoms with Crippen molar-refractivity contribution in [2.75, 3.05) is 26.2 Å². The topological polar surface area (TPSA) is 35.5 Å². The zero-order chi connectivity index (χ0) is 11.6. The molecule has 3 unspecified atom stereocenters. The van der Waals surface area contributed by atoms with Crippen molar-refractivity contribution in [1.29, 1.82) is 0 Å². The molecule has 2 fully saturated rings. The number of hydrogen-bond donors (Lipinski definition) is 2. The van der Waals surface area contributed by atoms with Crippen LogP contribution < -0.4 is 5.32 Å². The SMILES string of the molecule is CCNC(C)(CO)CCN1CC2CCC1C2. The highest BCUT2D eigenvalue weighted by Crippen LogP contribution is 2.37. The van der Waals surface area contributed by atoms with Crippen LogP contribution in [0.4, 0.5) is 0 Å². The molecule has 3 nitrogen and oxygen atoms in total. The first-order chi connectivity index (χ1) is 7.67. The summed E-state index contributed by atoms with van der Waals surface area (Å²) in [6, 6.07) is 0.856. The first-order valence-electron chi connectivity index (χ1n) is 6.77. The first kappa shape index (κ1) is 12.3. The van der Waals surface area contributed by atoms with Crippen LogP contribution >= 0.6 is 0 Å². The van der Waals surface area contributed by atoms with E-state index in [2.05, 4.69) is 24.1 Å². The summed E-state index contributed by atoms with van der Waals surface area (Å²) in [5, 5.41) is 12.8. The Morgan fingerprint density at radius 1 is 1.44 bits per heavy atom. The number of aliphatic hydroxyl groups is 1. The largest absolute Gasteiger partial charge is 0.394 e. The molecule has 2 rings (SSSR count). The van der Waals surface area contributed by atoms with Crippen LogP contribution in [-0.2, 0) is 0 Å². The van der Waals surface area contributed by atoms with E-state index in [4.69, 9.17) is 0 Å². The number of likely N-dealkylation sites (N-methyl/N-ethyl adjacent to an activating group) is 1. The zero-order valence-electron chi connectivity index (χ0n) is 10.7. The Hall–Kier alpha value is -0.120. The summed E-state index contributed by atoms with van der Waals surface area (Å²) in [4.78, 5) is 2.64. The smallest absolute Gasteiger partial charge is 0.0611 e. The van der Waals surface area contributed by atoms with Crippen molar-refractivity contribution < 1.29 is 5.11 Å². The lowest BCUT2D eigenvalue weighted by atomic mass is 9.98. The number of rotatable bonds is 6. The maximum Gasteiger partial charge on any atom is 0.0611 e. The number of aliphatic hydroxyl groups excluding tert-OH is 1. The molecule has 0 aromatic rings. The number of fused-ring (bicyclic) bond motifs is 2. The van der Waals surface area contributed by atoms with Gasteiger partial charge in [0.25, 0.3) is 0 Å². The number of nitrogens with one attached hydrogen (secondary N) is 1. The van der Waals surface area contributed by atoms with Crippen molar-refractivity contribution in [3.8, 4) is 0 Å². The lowest BCUT2D eigenvalue weighted by molar-refractivity contribution is 0.134. The van der Waals surface area contributed by atoms with Gasteiger partial charge in [0, 0.05) is 24.7 Å². The van der Waals surface area contributed by atoms with Crippen molar-refractivity contribution in [2.45, 2.75) is 51.1 Å². The molecule has 1 saturated heterocycles. The first-order valence-corrected chi connectivity index (χ1v) is 6.77. The Morgan fingerprint density at radius 3 is 2.75 bits per heavy atom. The summed E-state index contributed by atoms with van der Waals surface area (Å²) in [7, 11) is 0. The van der Waals surface area contributed by atoms with Gasteiger partial charge in [-0.1, -0.05) is 6.92 Å². The van der Waals surface area contributed by atoms with Crippen molar-refractivity contribution >= 4 is 0 Å². The molecule has 0 aromatic carbocycles. The van der Waals surface area contributed by atoms with E-state index in [1.54, 1.807) is 0 Å². The van der Waals surface area contributed by atoms with Crippen LogP contribution in [0, 0.1) is 5.92 Å². The molecule has 2 bridgehead atoms. The fourth-order valence-corrected chi connectivity index (χ4v) is 3.34. The number of hydrogen-bond acceptors (Lipinski definition) is 3. The standard InChI is InChI=1S/C13H26N2O/c1-3-14-13(2,10-16)6-7-15-9-11-4-5-12(15)8-11/h11-12,14,16H,3-10H2,1-2H3. The molecule has 94 valence electrons. The molecule has 3 heteroatoms. The van der Waals surface area contributed by atoms with Crippen molar-refractivity contribution in [1.82, 2.24) is 10.2 Å². The molecule has 0 amide bonds. The van der Waals surface area contributed by atoms with Gasteiger partial charge >= 0.3 is 0 Å². The van der Waals surface area contributed by atoms with Crippen LogP contribution in [0.25, 0.3) is 0 Å². The van der Waals surface area contributed by atoms with Crippen LogP contribution in [0.15, 0.2) is 0 Å². The average molecular weight is 226 g/mol. The van der Waals surface area contributed by atoms with E-state index in [-0.39, 0.29) is 12.1 Å². The van der Waals surface area contributed by atoms with Gasteiger partial charge in [0.15, 0.2) is 0 Å². The maximum absolute atomic E-state index is 9.44. The summed E-state index contributed by atoms with van der Waals surface area (Å²) in [5.74, 6) is 0.976. The van der Waals surface area contributed by atoms with Gasteiger partial charge < -0.3 is 15.3 Å². The minimum Gasteiger partial charge on any atom is -0.394 e. The molecule has 2 aliphatic rings. The molecule has 1 aliphatic heterocycles. The van der Waals surface area contributed by atoms with Gasteiger partial charge in [0.1, 0.15) is 0 Å².